The highest BCUT2D eigenvalue weighted by molar-refractivity contribution is 5.25. The quantitative estimate of drug-likeness (QED) is 0.645. The highest BCUT2D eigenvalue weighted by Crippen LogP contribution is 2.20. The van der Waals surface area contributed by atoms with Crippen LogP contribution >= 0.6 is 0 Å². The zero-order chi connectivity index (χ0) is 14.7. The molecule has 1 unspecified atom stereocenters. The molecule has 108 valence electrons. The molecule has 0 radical (unpaired) electrons. The number of hydrogen-bond donors (Lipinski definition) is 2. The molecule has 0 spiro atoms. The summed E-state index contributed by atoms with van der Waals surface area (Å²) in [5.41, 5.74) is 8.34. The molecule has 2 aromatic rings. The van der Waals surface area contributed by atoms with E-state index in [0.717, 1.165) is 30.0 Å². The Bertz CT molecular complexity index is 568. The van der Waals surface area contributed by atoms with Crippen LogP contribution in [0.15, 0.2) is 18.2 Å². The Labute approximate surface area is 120 Å². The SMILES string of the molecule is CCn1nc(C)cc1CC(NN)c1cc(C)nc(C)c1. The maximum Gasteiger partial charge on any atom is 0.0596 e. The van der Waals surface area contributed by atoms with Crippen LogP contribution in [0.3, 0.4) is 0 Å². The van der Waals surface area contributed by atoms with Crippen molar-refractivity contribution < 1.29 is 0 Å². The number of nitrogens with zero attached hydrogens (tertiary/aromatic N) is 3. The fourth-order valence-corrected chi connectivity index (χ4v) is 2.59. The van der Waals surface area contributed by atoms with Crippen molar-refractivity contribution >= 4 is 0 Å². The third kappa shape index (κ3) is 3.23. The van der Waals surface area contributed by atoms with Gasteiger partial charge >= 0.3 is 0 Å². The zero-order valence-electron chi connectivity index (χ0n) is 12.6. The van der Waals surface area contributed by atoms with Gasteiger partial charge in [0.05, 0.1) is 11.7 Å². The Kier molecular flexibility index (Phi) is 4.52. The van der Waals surface area contributed by atoms with Gasteiger partial charge in [0.15, 0.2) is 0 Å². The summed E-state index contributed by atoms with van der Waals surface area (Å²) in [5.74, 6) is 5.75. The minimum absolute atomic E-state index is 0.0665. The largest absolute Gasteiger partial charge is 0.271 e. The second kappa shape index (κ2) is 6.15. The third-order valence-corrected chi connectivity index (χ3v) is 3.41. The summed E-state index contributed by atoms with van der Waals surface area (Å²) in [5, 5.41) is 4.48. The van der Waals surface area contributed by atoms with Crippen molar-refractivity contribution in [3.05, 3.63) is 46.5 Å². The van der Waals surface area contributed by atoms with Crippen molar-refractivity contribution in [1.82, 2.24) is 20.2 Å². The average molecular weight is 273 g/mol. The van der Waals surface area contributed by atoms with E-state index in [1.807, 2.05) is 25.5 Å². The van der Waals surface area contributed by atoms with E-state index >= 15 is 0 Å². The first-order valence-electron chi connectivity index (χ1n) is 6.98. The Morgan fingerprint density at radius 2 is 1.80 bits per heavy atom. The van der Waals surface area contributed by atoms with E-state index in [9.17, 15) is 0 Å². The number of hydrogen-bond acceptors (Lipinski definition) is 4. The molecule has 0 fully saturated rings. The molecule has 0 saturated heterocycles. The Morgan fingerprint density at radius 1 is 1.15 bits per heavy atom. The van der Waals surface area contributed by atoms with Gasteiger partial charge < -0.3 is 0 Å². The number of aromatic nitrogens is 3. The van der Waals surface area contributed by atoms with E-state index in [1.165, 1.54) is 11.3 Å². The van der Waals surface area contributed by atoms with E-state index < -0.39 is 0 Å². The summed E-state index contributed by atoms with van der Waals surface area (Å²) in [6.07, 6.45) is 0.814. The van der Waals surface area contributed by atoms with Crippen molar-refractivity contribution in [2.24, 2.45) is 5.84 Å². The highest BCUT2D eigenvalue weighted by atomic mass is 15.3. The standard InChI is InChI=1S/C15H23N5/c1-5-20-14(8-12(4)19-20)9-15(18-16)13-6-10(2)17-11(3)7-13/h6-8,15,18H,5,9,16H2,1-4H3. The van der Waals surface area contributed by atoms with Crippen LogP contribution in [0.2, 0.25) is 0 Å². The average Bonchev–Trinajstić information content (AvgIpc) is 2.74. The highest BCUT2D eigenvalue weighted by Gasteiger charge is 2.15. The molecule has 5 heteroatoms. The van der Waals surface area contributed by atoms with E-state index in [-0.39, 0.29) is 6.04 Å². The van der Waals surface area contributed by atoms with Crippen LogP contribution in [0, 0.1) is 20.8 Å². The first kappa shape index (κ1) is 14.7. The molecule has 2 aromatic heterocycles. The molecule has 0 aliphatic rings. The first-order valence-corrected chi connectivity index (χ1v) is 6.98. The molecule has 20 heavy (non-hydrogen) atoms. The van der Waals surface area contributed by atoms with Crippen LogP contribution < -0.4 is 11.3 Å². The molecule has 2 rings (SSSR count). The molecule has 0 aliphatic carbocycles. The number of hydrazine groups is 1. The van der Waals surface area contributed by atoms with Crippen molar-refractivity contribution in [3.8, 4) is 0 Å². The van der Waals surface area contributed by atoms with Gasteiger partial charge in [-0.25, -0.2) is 0 Å². The molecule has 3 N–H and O–H groups in total. The zero-order valence-corrected chi connectivity index (χ0v) is 12.6. The lowest BCUT2D eigenvalue weighted by Crippen LogP contribution is -2.30. The van der Waals surface area contributed by atoms with E-state index in [2.05, 4.69) is 40.6 Å². The summed E-state index contributed by atoms with van der Waals surface area (Å²) < 4.78 is 2.03. The fraction of sp³-hybridized carbons (Fsp3) is 0.467. The Morgan fingerprint density at radius 3 is 2.35 bits per heavy atom. The van der Waals surface area contributed by atoms with E-state index in [0.29, 0.717) is 0 Å². The van der Waals surface area contributed by atoms with Crippen molar-refractivity contribution in [3.63, 3.8) is 0 Å². The van der Waals surface area contributed by atoms with E-state index in [1.54, 1.807) is 0 Å². The van der Waals surface area contributed by atoms with Gasteiger partial charge in [0, 0.05) is 30.0 Å². The van der Waals surface area contributed by atoms with E-state index in [4.69, 9.17) is 5.84 Å². The number of pyridine rings is 1. The molecule has 0 amide bonds. The van der Waals surface area contributed by atoms with Crippen LogP contribution in [0.4, 0.5) is 0 Å². The molecule has 1 atom stereocenters. The first-order chi connectivity index (χ1) is 9.53. The van der Waals surface area contributed by atoms with Crippen LogP contribution in [0.1, 0.15) is 41.3 Å². The van der Waals surface area contributed by atoms with Crippen molar-refractivity contribution in [1.29, 1.82) is 0 Å². The molecule has 2 heterocycles. The van der Waals surface area contributed by atoms with Crippen molar-refractivity contribution in [2.75, 3.05) is 0 Å². The summed E-state index contributed by atoms with van der Waals surface area (Å²) >= 11 is 0. The Hall–Kier alpha value is -1.72. The molecule has 0 saturated carbocycles. The van der Waals surface area contributed by atoms with Crippen LogP contribution in [-0.4, -0.2) is 14.8 Å². The third-order valence-electron chi connectivity index (χ3n) is 3.41. The monoisotopic (exact) mass is 273 g/mol. The lowest BCUT2D eigenvalue weighted by molar-refractivity contribution is 0.516. The van der Waals surface area contributed by atoms with Crippen molar-refractivity contribution in [2.45, 2.75) is 46.7 Å². The van der Waals surface area contributed by atoms with Crippen LogP contribution in [-0.2, 0) is 13.0 Å². The number of nitrogens with one attached hydrogen (secondary N) is 1. The number of nitrogens with two attached hydrogens (primary N) is 1. The molecular weight excluding hydrogens is 250 g/mol. The van der Waals surface area contributed by atoms with Gasteiger partial charge in [-0.05, 0) is 51.5 Å². The minimum atomic E-state index is 0.0665. The summed E-state index contributed by atoms with van der Waals surface area (Å²) in [6, 6.07) is 6.35. The maximum atomic E-state index is 5.75. The predicted octanol–water partition coefficient (Wildman–Crippen LogP) is 1.97. The summed E-state index contributed by atoms with van der Waals surface area (Å²) in [7, 11) is 0. The fourth-order valence-electron chi connectivity index (χ4n) is 2.59. The smallest absolute Gasteiger partial charge is 0.0596 e. The normalized spacial score (nSPS) is 12.7. The number of rotatable bonds is 5. The topological polar surface area (TPSA) is 68.8 Å². The molecular formula is C15H23N5. The Balaban J connectivity index is 2.28. The van der Waals surface area contributed by atoms with Crippen LogP contribution in [0.25, 0.3) is 0 Å². The summed E-state index contributed by atoms with van der Waals surface area (Å²) in [4.78, 5) is 4.41. The lowest BCUT2D eigenvalue weighted by atomic mass is 10.0. The molecule has 0 aliphatic heterocycles. The summed E-state index contributed by atoms with van der Waals surface area (Å²) in [6.45, 7) is 8.99. The second-order valence-electron chi connectivity index (χ2n) is 5.20. The second-order valence-corrected chi connectivity index (χ2v) is 5.20. The van der Waals surface area contributed by atoms with Gasteiger partial charge in [0.1, 0.15) is 0 Å². The van der Waals surface area contributed by atoms with Gasteiger partial charge in [-0.3, -0.25) is 20.9 Å². The maximum absolute atomic E-state index is 5.75. The van der Waals surface area contributed by atoms with Gasteiger partial charge in [0.25, 0.3) is 0 Å². The lowest BCUT2D eigenvalue weighted by Gasteiger charge is -2.18. The van der Waals surface area contributed by atoms with Gasteiger partial charge in [-0.15, -0.1) is 0 Å². The molecule has 0 aromatic carbocycles. The number of aryl methyl sites for hydroxylation is 4. The predicted molar refractivity (Wildman–Crippen MR) is 80.1 cm³/mol. The van der Waals surface area contributed by atoms with Gasteiger partial charge in [-0.2, -0.15) is 5.10 Å². The minimum Gasteiger partial charge on any atom is -0.271 e. The molecule has 5 nitrogen and oxygen atoms in total. The van der Waals surface area contributed by atoms with Gasteiger partial charge in [-0.1, -0.05) is 0 Å². The van der Waals surface area contributed by atoms with Crippen LogP contribution in [0.5, 0.6) is 0 Å². The molecule has 0 bridgehead atoms. The van der Waals surface area contributed by atoms with Gasteiger partial charge in [0.2, 0.25) is 0 Å².